The van der Waals surface area contributed by atoms with Gasteiger partial charge in [0.2, 0.25) is 0 Å². The molecule has 1 fully saturated rings. The van der Waals surface area contributed by atoms with Crippen LogP contribution >= 0.6 is 0 Å². The van der Waals surface area contributed by atoms with Crippen molar-refractivity contribution in [3.8, 4) is 11.5 Å². The predicted molar refractivity (Wildman–Crippen MR) is 101 cm³/mol. The van der Waals surface area contributed by atoms with Gasteiger partial charge in [0.05, 0.1) is 0 Å². The van der Waals surface area contributed by atoms with Gasteiger partial charge in [-0.1, -0.05) is 45.4 Å². The maximum absolute atomic E-state index is 14.7. The predicted octanol–water partition coefficient (Wildman–Crippen LogP) is 7.78. The summed E-state index contributed by atoms with van der Waals surface area (Å²) in [4.78, 5) is 0. The summed E-state index contributed by atoms with van der Waals surface area (Å²) >= 11 is 0. The van der Waals surface area contributed by atoms with E-state index in [0.717, 1.165) is 18.9 Å². The Kier molecular flexibility index (Phi) is 6.89. The number of fused-ring (bicyclic) bond motifs is 1. The molecule has 1 saturated carbocycles. The van der Waals surface area contributed by atoms with Crippen molar-refractivity contribution in [2.24, 2.45) is 11.8 Å². The molecule has 0 N–H and O–H groups in total. The summed E-state index contributed by atoms with van der Waals surface area (Å²) < 4.78 is 64.1. The Balaban J connectivity index is 1.54. The minimum absolute atomic E-state index is 0.101. The Morgan fingerprint density at radius 1 is 0.964 bits per heavy atom. The molecule has 1 heterocycles. The van der Waals surface area contributed by atoms with Crippen LogP contribution in [0.25, 0.3) is 5.83 Å². The van der Waals surface area contributed by atoms with Gasteiger partial charge in [-0.2, -0.15) is 0 Å². The molecule has 0 bridgehead atoms. The second kappa shape index (κ2) is 9.19. The van der Waals surface area contributed by atoms with Crippen LogP contribution < -0.4 is 9.47 Å². The molecule has 1 aliphatic carbocycles. The van der Waals surface area contributed by atoms with Crippen molar-refractivity contribution >= 4 is 5.83 Å². The average Bonchev–Trinajstić information content (AvgIpc) is 3.00. The largest absolute Gasteiger partial charge is 0.586 e. The third-order valence-corrected chi connectivity index (χ3v) is 5.79. The molecular formula is C22H28F4O2. The Morgan fingerprint density at radius 2 is 1.64 bits per heavy atom. The van der Waals surface area contributed by atoms with E-state index in [0.29, 0.717) is 18.8 Å². The van der Waals surface area contributed by atoms with Crippen molar-refractivity contribution < 1.29 is 27.0 Å². The van der Waals surface area contributed by atoms with E-state index in [1.54, 1.807) is 0 Å². The summed E-state index contributed by atoms with van der Waals surface area (Å²) in [6.07, 6.45) is 6.71. The summed E-state index contributed by atoms with van der Waals surface area (Å²) in [5.74, 6) is -2.08. The zero-order valence-corrected chi connectivity index (χ0v) is 16.3. The van der Waals surface area contributed by atoms with Crippen LogP contribution in [0, 0.1) is 11.8 Å². The normalized spacial score (nSPS) is 24.2. The molecule has 1 aliphatic heterocycles. The van der Waals surface area contributed by atoms with E-state index in [9.17, 15) is 17.6 Å². The first kappa shape index (κ1) is 21.0. The van der Waals surface area contributed by atoms with Crippen molar-refractivity contribution in [3.63, 3.8) is 0 Å². The smallest absolute Gasteiger partial charge is 0.395 e. The van der Waals surface area contributed by atoms with Gasteiger partial charge in [-0.3, -0.25) is 0 Å². The summed E-state index contributed by atoms with van der Waals surface area (Å²) in [7, 11) is 0. The second-order valence-electron chi connectivity index (χ2n) is 7.91. The molecule has 156 valence electrons. The van der Waals surface area contributed by atoms with Crippen molar-refractivity contribution in [3.05, 3.63) is 29.6 Å². The number of allylic oxidation sites excluding steroid dienone is 1. The molecule has 6 heteroatoms. The summed E-state index contributed by atoms with van der Waals surface area (Å²) in [5, 5.41) is 0. The number of ether oxygens (including phenoxy) is 2. The van der Waals surface area contributed by atoms with Crippen LogP contribution in [0.1, 0.15) is 76.7 Å². The third-order valence-electron chi connectivity index (χ3n) is 5.79. The molecule has 0 atom stereocenters. The highest BCUT2D eigenvalue weighted by Gasteiger charge is 2.43. The van der Waals surface area contributed by atoms with Crippen molar-refractivity contribution in [1.82, 2.24) is 0 Å². The van der Waals surface area contributed by atoms with E-state index in [-0.39, 0.29) is 17.1 Å². The number of rotatable bonds is 8. The minimum atomic E-state index is -3.77. The molecule has 0 amide bonds. The van der Waals surface area contributed by atoms with Gasteiger partial charge in [0, 0.05) is 11.5 Å². The van der Waals surface area contributed by atoms with Gasteiger partial charge in [0.25, 0.3) is 0 Å². The van der Waals surface area contributed by atoms with Crippen LogP contribution in [-0.4, -0.2) is 6.29 Å². The number of hydrogen-bond acceptors (Lipinski definition) is 2. The van der Waals surface area contributed by atoms with E-state index >= 15 is 0 Å². The van der Waals surface area contributed by atoms with Crippen molar-refractivity contribution in [2.75, 3.05) is 0 Å². The van der Waals surface area contributed by atoms with Crippen LogP contribution in [0.3, 0.4) is 0 Å². The Hall–Kier alpha value is -1.72. The number of alkyl halides is 2. The Labute approximate surface area is 163 Å². The molecule has 28 heavy (non-hydrogen) atoms. The zero-order valence-electron chi connectivity index (χ0n) is 16.3. The van der Waals surface area contributed by atoms with Crippen LogP contribution in [0.15, 0.2) is 24.0 Å². The highest BCUT2D eigenvalue weighted by molar-refractivity contribution is 5.65. The highest BCUT2D eigenvalue weighted by atomic mass is 19.3. The molecule has 0 saturated heterocycles. The molecular weight excluding hydrogens is 372 g/mol. The average molecular weight is 400 g/mol. The molecule has 3 rings (SSSR count). The molecule has 2 aliphatic rings. The quantitative estimate of drug-likeness (QED) is 0.328. The number of unbranched alkanes of at least 4 members (excludes halogenated alkanes) is 4. The fourth-order valence-corrected chi connectivity index (χ4v) is 4.14. The lowest BCUT2D eigenvalue weighted by Crippen LogP contribution is -2.25. The number of benzene rings is 1. The highest BCUT2D eigenvalue weighted by Crippen LogP contribution is 2.44. The molecule has 0 unspecified atom stereocenters. The van der Waals surface area contributed by atoms with E-state index < -0.39 is 23.9 Å². The molecule has 2 nitrogen and oxygen atoms in total. The van der Waals surface area contributed by atoms with Crippen molar-refractivity contribution in [1.29, 1.82) is 0 Å². The van der Waals surface area contributed by atoms with Crippen LogP contribution in [0.5, 0.6) is 11.5 Å². The summed E-state index contributed by atoms with van der Waals surface area (Å²) in [6.45, 7) is 2.20. The van der Waals surface area contributed by atoms with E-state index in [2.05, 4.69) is 16.4 Å². The Bertz CT molecular complexity index is 694. The summed E-state index contributed by atoms with van der Waals surface area (Å²) in [6, 6.07) is 3.47. The van der Waals surface area contributed by atoms with E-state index in [1.165, 1.54) is 50.7 Å². The lowest BCUT2D eigenvalue weighted by molar-refractivity contribution is -0.286. The first-order valence-corrected chi connectivity index (χ1v) is 10.3. The van der Waals surface area contributed by atoms with Gasteiger partial charge in [-0.05, 0) is 49.8 Å². The van der Waals surface area contributed by atoms with Crippen LogP contribution in [0.2, 0.25) is 0 Å². The SMILES string of the molecule is CCCCCCCC1CCC(/C(F)=C(\F)c2ccc3c(c2)OC(F)(F)O3)CC1. The van der Waals surface area contributed by atoms with E-state index in [4.69, 9.17) is 0 Å². The topological polar surface area (TPSA) is 18.5 Å². The fraction of sp³-hybridized carbons (Fsp3) is 0.636. The van der Waals surface area contributed by atoms with Gasteiger partial charge < -0.3 is 9.47 Å². The van der Waals surface area contributed by atoms with Crippen LogP contribution in [0.4, 0.5) is 17.6 Å². The first-order valence-electron chi connectivity index (χ1n) is 10.3. The van der Waals surface area contributed by atoms with Gasteiger partial charge in [0.1, 0.15) is 5.83 Å². The number of hydrogen-bond donors (Lipinski definition) is 0. The van der Waals surface area contributed by atoms with E-state index in [1.807, 2.05) is 0 Å². The van der Waals surface area contributed by atoms with Gasteiger partial charge in [-0.25, -0.2) is 8.78 Å². The van der Waals surface area contributed by atoms with Gasteiger partial charge in [0.15, 0.2) is 17.3 Å². The maximum atomic E-state index is 14.7. The van der Waals surface area contributed by atoms with Crippen LogP contribution in [-0.2, 0) is 0 Å². The molecule has 0 aromatic heterocycles. The molecule has 0 radical (unpaired) electrons. The monoisotopic (exact) mass is 400 g/mol. The summed E-state index contributed by atoms with van der Waals surface area (Å²) in [5.41, 5.74) is -0.101. The second-order valence-corrected chi connectivity index (χ2v) is 7.91. The lowest BCUT2D eigenvalue weighted by atomic mass is 9.79. The standard InChI is InChI=1S/C22H28F4O2/c1-2-3-4-5-6-7-15-8-10-16(11-9-15)20(23)21(24)17-12-13-18-19(14-17)28-22(25,26)27-18/h12-16H,2-11H2,1H3/b21-20+. The Morgan fingerprint density at radius 3 is 2.36 bits per heavy atom. The number of halogens is 4. The molecule has 1 aromatic carbocycles. The zero-order chi connectivity index (χ0) is 20.1. The third kappa shape index (κ3) is 5.21. The molecule has 0 spiro atoms. The fourth-order valence-electron chi connectivity index (χ4n) is 4.14. The molecule has 1 aromatic rings. The van der Waals surface area contributed by atoms with Gasteiger partial charge in [-0.15, -0.1) is 8.78 Å². The minimum Gasteiger partial charge on any atom is -0.395 e. The van der Waals surface area contributed by atoms with Crippen molar-refractivity contribution in [2.45, 2.75) is 77.4 Å². The lowest BCUT2D eigenvalue weighted by Gasteiger charge is -2.27. The van der Waals surface area contributed by atoms with Gasteiger partial charge >= 0.3 is 6.29 Å². The maximum Gasteiger partial charge on any atom is 0.586 e. The first-order chi connectivity index (χ1) is 13.4.